The van der Waals surface area contributed by atoms with E-state index in [4.69, 9.17) is 4.52 Å². The predicted molar refractivity (Wildman–Crippen MR) is 82.7 cm³/mol. The molecule has 0 aliphatic heterocycles. The van der Waals surface area contributed by atoms with Gasteiger partial charge in [0.1, 0.15) is 0 Å². The second kappa shape index (κ2) is 9.11. The Balaban J connectivity index is 2.50. The fraction of sp³-hybridized carbons (Fsp3) is 0.875. The Labute approximate surface area is 123 Å². The highest BCUT2D eigenvalue weighted by molar-refractivity contribution is 4.90. The molecule has 0 spiro atoms. The van der Waals surface area contributed by atoms with Crippen LogP contribution in [-0.4, -0.2) is 22.7 Å². The van der Waals surface area contributed by atoms with Crippen molar-refractivity contribution in [3.63, 3.8) is 0 Å². The number of hydrogen-bond acceptors (Lipinski definition) is 4. The van der Waals surface area contributed by atoms with E-state index in [2.05, 4.69) is 50.1 Å². The van der Waals surface area contributed by atoms with Crippen LogP contribution in [0.3, 0.4) is 0 Å². The van der Waals surface area contributed by atoms with Crippen LogP contribution in [0, 0.1) is 11.8 Å². The Morgan fingerprint density at radius 2 is 1.90 bits per heavy atom. The van der Waals surface area contributed by atoms with E-state index < -0.39 is 0 Å². The summed E-state index contributed by atoms with van der Waals surface area (Å²) in [6, 6.07) is 0.438. The molecule has 0 amide bonds. The Bertz CT molecular complexity index is 360. The number of aromatic nitrogens is 2. The Morgan fingerprint density at radius 1 is 1.15 bits per heavy atom. The highest BCUT2D eigenvalue weighted by atomic mass is 16.5. The molecular weight excluding hydrogens is 250 g/mol. The second-order valence-electron chi connectivity index (χ2n) is 6.52. The van der Waals surface area contributed by atoms with Gasteiger partial charge in [-0.05, 0) is 37.6 Å². The molecule has 4 nitrogen and oxygen atoms in total. The van der Waals surface area contributed by atoms with E-state index in [0.717, 1.165) is 50.4 Å². The lowest BCUT2D eigenvalue weighted by atomic mass is 10.0. The lowest BCUT2D eigenvalue weighted by molar-refractivity contribution is 0.335. The number of hydrogen-bond donors (Lipinski definition) is 1. The van der Waals surface area contributed by atoms with Gasteiger partial charge in [0.25, 0.3) is 0 Å². The highest BCUT2D eigenvalue weighted by Crippen LogP contribution is 2.12. The summed E-state index contributed by atoms with van der Waals surface area (Å²) < 4.78 is 5.39. The van der Waals surface area contributed by atoms with Gasteiger partial charge in [-0.25, -0.2) is 0 Å². The van der Waals surface area contributed by atoms with Crippen molar-refractivity contribution >= 4 is 0 Å². The fourth-order valence-corrected chi connectivity index (χ4v) is 2.26. The molecule has 1 heterocycles. The SMILES string of the molecule is CCCNC(Cc1nc(CCC(C)C)no1)CC(C)C. The maximum absolute atomic E-state index is 5.39. The molecule has 0 radical (unpaired) electrons. The minimum absolute atomic E-state index is 0.438. The van der Waals surface area contributed by atoms with Crippen molar-refractivity contribution in [2.75, 3.05) is 6.54 Å². The molecule has 1 unspecified atom stereocenters. The summed E-state index contributed by atoms with van der Waals surface area (Å²) in [5.74, 6) is 2.98. The Hall–Kier alpha value is -0.900. The van der Waals surface area contributed by atoms with Gasteiger partial charge >= 0.3 is 0 Å². The summed E-state index contributed by atoms with van der Waals surface area (Å²) in [6.07, 6.45) is 5.16. The molecule has 0 saturated carbocycles. The molecule has 0 saturated heterocycles. The van der Waals surface area contributed by atoms with Gasteiger partial charge in [-0.15, -0.1) is 0 Å². The molecule has 0 bridgehead atoms. The summed E-state index contributed by atoms with van der Waals surface area (Å²) in [7, 11) is 0. The average molecular weight is 281 g/mol. The lowest BCUT2D eigenvalue weighted by Crippen LogP contribution is -2.33. The zero-order valence-electron chi connectivity index (χ0n) is 13.8. The van der Waals surface area contributed by atoms with Crippen LogP contribution in [0.25, 0.3) is 0 Å². The normalized spacial score (nSPS) is 13.3. The molecule has 1 N–H and O–H groups in total. The smallest absolute Gasteiger partial charge is 0.228 e. The van der Waals surface area contributed by atoms with Gasteiger partial charge < -0.3 is 9.84 Å². The van der Waals surface area contributed by atoms with Crippen molar-refractivity contribution < 1.29 is 4.52 Å². The summed E-state index contributed by atoms with van der Waals surface area (Å²) >= 11 is 0. The molecule has 1 aromatic heterocycles. The maximum atomic E-state index is 5.39. The minimum Gasteiger partial charge on any atom is -0.339 e. The number of aryl methyl sites for hydroxylation is 1. The average Bonchev–Trinajstić information content (AvgIpc) is 2.80. The van der Waals surface area contributed by atoms with E-state index in [-0.39, 0.29) is 0 Å². The van der Waals surface area contributed by atoms with Crippen LogP contribution < -0.4 is 5.32 Å². The van der Waals surface area contributed by atoms with Gasteiger partial charge in [0.15, 0.2) is 5.82 Å². The molecular formula is C16H31N3O. The first-order valence-electron chi connectivity index (χ1n) is 8.06. The van der Waals surface area contributed by atoms with Crippen molar-refractivity contribution in [3.05, 3.63) is 11.7 Å². The van der Waals surface area contributed by atoms with Crippen LogP contribution in [0.15, 0.2) is 4.52 Å². The van der Waals surface area contributed by atoms with Gasteiger partial charge in [0, 0.05) is 18.9 Å². The predicted octanol–water partition coefficient (Wildman–Crippen LogP) is 3.62. The van der Waals surface area contributed by atoms with Gasteiger partial charge in [0.2, 0.25) is 5.89 Å². The second-order valence-corrected chi connectivity index (χ2v) is 6.52. The van der Waals surface area contributed by atoms with Crippen molar-refractivity contribution in [2.24, 2.45) is 11.8 Å². The molecule has 1 rings (SSSR count). The van der Waals surface area contributed by atoms with Crippen LogP contribution in [0.4, 0.5) is 0 Å². The van der Waals surface area contributed by atoms with Crippen LogP contribution in [0.2, 0.25) is 0 Å². The zero-order chi connectivity index (χ0) is 15.0. The lowest BCUT2D eigenvalue weighted by Gasteiger charge is -2.18. The van der Waals surface area contributed by atoms with E-state index in [1.54, 1.807) is 0 Å². The van der Waals surface area contributed by atoms with Crippen LogP contribution in [0.1, 0.15) is 65.6 Å². The largest absolute Gasteiger partial charge is 0.339 e. The molecule has 0 aromatic carbocycles. The summed E-state index contributed by atoms with van der Waals surface area (Å²) in [5, 5.41) is 7.67. The summed E-state index contributed by atoms with van der Waals surface area (Å²) in [4.78, 5) is 4.52. The minimum atomic E-state index is 0.438. The third-order valence-electron chi connectivity index (χ3n) is 3.32. The van der Waals surface area contributed by atoms with E-state index >= 15 is 0 Å². The van der Waals surface area contributed by atoms with Gasteiger partial charge in [-0.3, -0.25) is 0 Å². The first-order valence-corrected chi connectivity index (χ1v) is 8.06. The van der Waals surface area contributed by atoms with E-state index in [1.165, 1.54) is 0 Å². The quantitative estimate of drug-likeness (QED) is 0.711. The number of rotatable bonds is 10. The van der Waals surface area contributed by atoms with Gasteiger partial charge in [0.05, 0.1) is 0 Å². The third kappa shape index (κ3) is 7.04. The fourth-order valence-electron chi connectivity index (χ4n) is 2.26. The van der Waals surface area contributed by atoms with Crippen molar-refractivity contribution in [1.82, 2.24) is 15.5 Å². The third-order valence-corrected chi connectivity index (χ3v) is 3.32. The van der Waals surface area contributed by atoms with E-state index in [0.29, 0.717) is 17.9 Å². The van der Waals surface area contributed by atoms with Crippen LogP contribution in [0.5, 0.6) is 0 Å². The molecule has 20 heavy (non-hydrogen) atoms. The summed E-state index contributed by atoms with van der Waals surface area (Å²) in [5.41, 5.74) is 0. The molecule has 116 valence electrons. The molecule has 1 aromatic rings. The molecule has 4 heteroatoms. The summed E-state index contributed by atoms with van der Waals surface area (Å²) in [6.45, 7) is 12.2. The molecule has 1 atom stereocenters. The van der Waals surface area contributed by atoms with Crippen LogP contribution in [-0.2, 0) is 12.8 Å². The van der Waals surface area contributed by atoms with Gasteiger partial charge in [-0.2, -0.15) is 4.98 Å². The standard InChI is InChI=1S/C16H31N3O/c1-6-9-17-14(10-13(4)5)11-16-18-15(19-20-16)8-7-12(2)3/h12-14,17H,6-11H2,1-5H3. The number of nitrogens with zero attached hydrogens (tertiary/aromatic N) is 2. The highest BCUT2D eigenvalue weighted by Gasteiger charge is 2.15. The maximum Gasteiger partial charge on any atom is 0.228 e. The zero-order valence-corrected chi connectivity index (χ0v) is 13.8. The molecule has 0 aliphatic rings. The van der Waals surface area contributed by atoms with E-state index in [9.17, 15) is 0 Å². The van der Waals surface area contributed by atoms with Crippen molar-refractivity contribution in [2.45, 2.75) is 72.8 Å². The van der Waals surface area contributed by atoms with Crippen LogP contribution >= 0.6 is 0 Å². The Kier molecular flexibility index (Phi) is 7.82. The first kappa shape index (κ1) is 17.2. The molecule has 0 aliphatic carbocycles. The number of nitrogens with one attached hydrogen (secondary N) is 1. The molecule has 0 fully saturated rings. The van der Waals surface area contributed by atoms with E-state index in [1.807, 2.05) is 0 Å². The first-order chi connectivity index (χ1) is 9.51. The monoisotopic (exact) mass is 281 g/mol. The van der Waals surface area contributed by atoms with Crippen molar-refractivity contribution in [3.8, 4) is 0 Å². The van der Waals surface area contributed by atoms with Gasteiger partial charge in [-0.1, -0.05) is 39.8 Å². The topological polar surface area (TPSA) is 51.0 Å². The Morgan fingerprint density at radius 3 is 2.50 bits per heavy atom. The van der Waals surface area contributed by atoms with Crippen molar-refractivity contribution in [1.29, 1.82) is 0 Å².